The first-order valence-corrected chi connectivity index (χ1v) is 23.1. The zero-order chi connectivity index (χ0) is 44.5. The van der Waals surface area contributed by atoms with Gasteiger partial charge < -0.3 is 18.9 Å². The molecule has 0 saturated heterocycles. The fourth-order valence-corrected chi connectivity index (χ4v) is 9.66. The molecule has 0 spiro atoms. The Morgan fingerprint density at radius 1 is 0.431 bits per heavy atom. The molecule has 0 radical (unpaired) electrons. The molecule has 0 aromatic heterocycles. The highest BCUT2D eigenvalue weighted by atomic mass is 32.2. The Morgan fingerprint density at radius 3 is 1.17 bits per heavy atom. The summed E-state index contributed by atoms with van der Waals surface area (Å²) in [5, 5.41) is 8.47. The van der Waals surface area contributed by atoms with Crippen LogP contribution in [0.25, 0.3) is 43.1 Å². The number of carbonyl (C=O) groups is 2. The van der Waals surface area contributed by atoms with Gasteiger partial charge in [-0.2, -0.15) is 0 Å². The van der Waals surface area contributed by atoms with Crippen LogP contribution in [-0.2, 0) is 58.6 Å². The van der Waals surface area contributed by atoms with Crippen LogP contribution in [0.2, 0.25) is 0 Å². The quantitative estimate of drug-likeness (QED) is 0.0513. The lowest BCUT2D eigenvalue weighted by molar-refractivity contribution is 0.0458. The first-order valence-electron chi connectivity index (χ1n) is 22.2. The first-order chi connectivity index (χ1) is 32.0. The van der Waals surface area contributed by atoms with Crippen molar-refractivity contribution >= 4 is 66.8 Å². The lowest BCUT2D eigenvalue weighted by Gasteiger charge is -2.18. The maximum absolute atomic E-state index is 14.1. The Balaban J connectivity index is 0.951. The number of hydrogen-bond donors (Lipinski definition) is 0. The van der Waals surface area contributed by atoms with Gasteiger partial charge in [-0.15, -0.1) is 11.8 Å². The lowest BCUT2D eigenvalue weighted by atomic mass is 9.92. The predicted molar refractivity (Wildman–Crippen MR) is 263 cm³/mol. The van der Waals surface area contributed by atoms with Gasteiger partial charge in [0.1, 0.15) is 13.2 Å². The van der Waals surface area contributed by atoms with Crippen molar-refractivity contribution in [3.63, 3.8) is 0 Å². The minimum Gasteiger partial charge on any atom is -0.457 e. The molecule has 0 heterocycles. The number of rotatable bonds is 17. The van der Waals surface area contributed by atoms with Gasteiger partial charge in [0.25, 0.3) is 0 Å². The third kappa shape index (κ3) is 9.69. The van der Waals surface area contributed by atoms with Gasteiger partial charge >= 0.3 is 11.9 Å². The number of thioether (sulfide) groups is 1. The second kappa shape index (κ2) is 20.4. The monoisotopic (exact) mass is 874 g/mol. The van der Waals surface area contributed by atoms with Crippen molar-refractivity contribution in [2.45, 2.75) is 70.1 Å². The molecular formula is C58H50O6S. The summed E-state index contributed by atoms with van der Waals surface area (Å²) in [6, 6.07) is 58.4. The van der Waals surface area contributed by atoms with Gasteiger partial charge in [0, 0.05) is 21.3 Å². The Bertz CT molecular complexity index is 3010. The molecule has 9 rings (SSSR count). The number of hydrogen-bond acceptors (Lipinski definition) is 7. The average Bonchev–Trinajstić information content (AvgIpc) is 3.35. The van der Waals surface area contributed by atoms with Crippen LogP contribution in [0.5, 0.6) is 0 Å². The van der Waals surface area contributed by atoms with Gasteiger partial charge in [-0.3, -0.25) is 0 Å². The molecule has 0 aliphatic carbocycles. The molecule has 1 atom stereocenters. The molecule has 0 aliphatic heterocycles. The van der Waals surface area contributed by atoms with E-state index in [4.69, 9.17) is 18.9 Å². The maximum Gasteiger partial charge on any atom is 0.339 e. The minimum absolute atomic E-state index is 0.0715. The molecule has 7 heteroatoms. The van der Waals surface area contributed by atoms with Crippen molar-refractivity contribution < 1.29 is 28.5 Å². The Labute approximate surface area is 384 Å². The molecule has 324 valence electrons. The SMILES string of the molecule is CCC(C)Sc1cc(C(=O)OCc2c3ccccc3c(COCc3ccccc3)c3ccccc23)ccc1C(=O)OCc1c2ccccc2c(COCc2ccccc2)c2ccccc12. The molecule has 0 amide bonds. The summed E-state index contributed by atoms with van der Waals surface area (Å²) in [7, 11) is 0. The maximum atomic E-state index is 14.1. The molecular weight excluding hydrogens is 825 g/mol. The van der Waals surface area contributed by atoms with Crippen molar-refractivity contribution in [3.05, 3.63) is 220 Å². The topological polar surface area (TPSA) is 71.1 Å². The highest BCUT2D eigenvalue weighted by Crippen LogP contribution is 2.37. The van der Waals surface area contributed by atoms with Crippen LogP contribution in [0.15, 0.2) is 181 Å². The predicted octanol–water partition coefficient (Wildman–Crippen LogP) is 14.3. The van der Waals surface area contributed by atoms with Gasteiger partial charge in [0.2, 0.25) is 0 Å². The molecule has 0 bridgehead atoms. The highest BCUT2D eigenvalue weighted by Gasteiger charge is 2.22. The molecule has 9 aromatic carbocycles. The number of carbonyl (C=O) groups excluding carboxylic acids is 2. The van der Waals surface area contributed by atoms with Gasteiger partial charge in [0.05, 0.1) is 37.6 Å². The van der Waals surface area contributed by atoms with E-state index in [9.17, 15) is 9.59 Å². The summed E-state index contributed by atoms with van der Waals surface area (Å²) < 4.78 is 24.9. The largest absolute Gasteiger partial charge is 0.457 e. The van der Waals surface area contributed by atoms with Gasteiger partial charge in [-0.25, -0.2) is 9.59 Å². The second-order valence-corrected chi connectivity index (χ2v) is 17.7. The van der Waals surface area contributed by atoms with Crippen LogP contribution >= 0.6 is 11.8 Å². The van der Waals surface area contributed by atoms with E-state index in [-0.39, 0.29) is 18.5 Å². The summed E-state index contributed by atoms with van der Waals surface area (Å²) in [5.41, 5.74) is 7.07. The van der Waals surface area contributed by atoms with Gasteiger partial charge in [0.15, 0.2) is 0 Å². The van der Waals surface area contributed by atoms with E-state index >= 15 is 0 Å². The number of fused-ring (bicyclic) bond motifs is 4. The fourth-order valence-electron chi connectivity index (χ4n) is 8.58. The van der Waals surface area contributed by atoms with E-state index in [1.165, 1.54) is 0 Å². The molecule has 0 aliphatic rings. The van der Waals surface area contributed by atoms with E-state index in [2.05, 4.69) is 86.6 Å². The lowest BCUT2D eigenvalue weighted by Crippen LogP contribution is -2.11. The summed E-state index contributed by atoms with van der Waals surface area (Å²) in [5.74, 6) is -0.921. The average molecular weight is 875 g/mol. The van der Waals surface area contributed by atoms with Crippen molar-refractivity contribution in [3.8, 4) is 0 Å². The molecule has 0 saturated carbocycles. The van der Waals surface area contributed by atoms with Crippen LogP contribution in [0.4, 0.5) is 0 Å². The molecule has 6 nitrogen and oxygen atoms in total. The molecule has 0 N–H and O–H groups in total. The van der Waals surface area contributed by atoms with E-state index in [0.717, 1.165) is 82.9 Å². The van der Waals surface area contributed by atoms with E-state index in [0.29, 0.717) is 42.4 Å². The second-order valence-electron chi connectivity index (χ2n) is 16.3. The summed E-state index contributed by atoms with van der Waals surface area (Å²) in [6.45, 7) is 6.24. The van der Waals surface area contributed by atoms with E-state index in [1.54, 1.807) is 30.0 Å². The van der Waals surface area contributed by atoms with Gasteiger partial charge in [-0.1, -0.05) is 172 Å². The van der Waals surface area contributed by atoms with Crippen molar-refractivity contribution in [2.24, 2.45) is 0 Å². The van der Waals surface area contributed by atoms with Crippen LogP contribution in [-0.4, -0.2) is 17.2 Å². The number of benzene rings is 9. The summed E-state index contributed by atoms with van der Waals surface area (Å²) in [4.78, 5) is 28.8. The minimum atomic E-state index is -0.467. The van der Waals surface area contributed by atoms with Crippen LogP contribution < -0.4 is 0 Å². The molecule has 65 heavy (non-hydrogen) atoms. The molecule has 0 fully saturated rings. The smallest absolute Gasteiger partial charge is 0.339 e. The standard InChI is InChI=1S/C58H50O6S/c1-3-39(2)65-56-32-42(57(59)63-37-54-47-26-14-10-22-43(47)52(44-23-11-15-27-48(44)54)35-61-33-40-18-6-4-7-19-40)30-31-51(56)58(60)64-38-55-49-28-16-12-24-45(49)53(46-25-13-17-29-50(46)55)36-62-34-41-20-8-5-9-21-41/h4-32,39H,3,33-38H2,1-2H3. The van der Waals surface area contributed by atoms with E-state index < -0.39 is 11.9 Å². The molecule has 9 aromatic rings. The van der Waals surface area contributed by atoms with E-state index in [1.807, 2.05) is 84.9 Å². The Kier molecular flexibility index (Phi) is 13.6. The number of esters is 2. The zero-order valence-corrected chi connectivity index (χ0v) is 37.4. The number of ether oxygens (including phenoxy) is 4. The summed E-state index contributed by atoms with van der Waals surface area (Å²) >= 11 is 1.56. The van der Waals surface area contributed by atoms with Crippen LogP contribution in [0.1, 0.15) is 74.4 Å². The summed E-state index contributed by atoms with van der Waals surface area (Å²) in [6.07, 6.45) is 0.876. The Morgan fingerprint density at radius 2 is 0.785 bits per heavy atom. The third-order valence-electron chi connectivity index (χ3n) is 12.1. The highest BCUT2D eigenvalue weighted by molar-refractivity contribution is 8.00. The first kappa shape index (κ1) is 43.5. The van der Waals surface area contributed by atoms with Crippen molar-refractivity contribution in [1.82, 2.24) is 0 Å². The van der Waals surface area contributed by atoms with Crippen molar-refractivity contribution in [2.75, 3.05) is 0 Å². The van der Waals surface area contributed by atoms with Crippen LogP contribution in [0, 0.1) is 0 Å². The third-order valence-corrected chi connectivity index (χ3v) is 13.4. The molecule has 1 unspecified atom stereocenters. The van der Waals surface area contributed by atoms with Crippen molar-refractivity contribution in [1.29, 1.82) is 0 Å². The zero-order valence-electron chi connectivity index (χ0n) is 36.6. The van der Waals surface area contributed by atoms with Crippen LogP contribution in [0.3, 0.4) is 0 Å². The fraction of sp³-hybridized carbons (Fsp3) is 0.172. The van der Waals surface area contributed by atoms with Gasteiger partial charge in [-0.05, 0) is 90.0 Å². The normalized spacial score (nSPS) is 11.9. The Hall–Kier alpha value is -6.77.